The molecular formula is C25H21N3O7. The number of fused-ring (bicyclic) bond motifs is 3. The number of nitrogen functional groups attached to an aromatic ring is 1. The first-order chi connectivity index (χ1) is 16.9. The summed E-state index contributed by atoms with van der Waals surface area (Å²) in [4.78, 5) is 30.4. The number of hydrogen-bond acceptors (Lipinski definition) is 9. The van der Waals surface area contributed by atoms with Crippen LogP contribution in [-0.4, -0.2) is 36.8 Å². The first-order valence-corrected chi connectivity index (χ1v) is 10.6. The standard InChI is InChI=1S/C25H21N3O7/c1-31-15-8-4-13(5-9-15)12-17-23(29)34-21-19(24(30)33-3)18(14-6-10-16(32-2)11-7-14)20-22(28(17)21)35-25(26)27-20/h4-12,18H,1-3H3,(H2,26,27)/b17-12+. The van der Waals surface area contributed by atoms with E-state index in [9.17, 15) is 9.59 Å². The van der Waals surface area contributed by atoms with E-state index in [0.717, 1.165) is 0 Å². The van der Waals surface area contributed by atoms with E-state index < -0.39 is 17.5 Å². The summed E-state index contributed by atoms with van der Waals surface area (Å²) in [5, 5.41) is 0.122. The number of aromatic nitrogens is 2. The highest BCUT2D eigenvalue weighted by atomic mass is 16.5. The van der Waals surface area contributed by atoms with Crippen molar-refractivity contribution in [2.45, 2.75) is 5.92 Å². The number of benzene rings is 2. The molecule has 0 radical (unpaired) electrons. The Kier molecular flexibility index (Phi) is 5.40. The fraction of sp³-hybridized carbons (Fsp3) is 0.160. The lowest BCUT2D eigenvalue weighted by atomic mass is 9.87. The van der Waals surface area contributed by atoms with E-state index in [1.54, 1.807) is 68.8 Å². The molecule has 4 aromatic rings. The third kappa shape index (κ3) is 3.65. The molecule has 1 aliphatic rings. The highest BCUT2D eigenvalue weighted by Gasteiger charge is 2.39. The molecule has 3 heterocycles. The molecule has 2 aromatic carbocycles. The molecule has 2 aromatic heterocycles. The van der Waals surface area contributed by atoms with Gasteiger partial charge in [0.05, 0.1) is 27.2 Å². The molecule has 0 fully saturated rings. The zero-order valence-electron chi connectivity index (χ0n) is 19.1. The van der Waals surface area contributed by atoms with Gasteiger partial charge in [0.25, 0.3) is 6.01 Å². The SMILES string of the molecule is COC(=O)C1=c2oc(=O)/c(=C\c3ccc(OC)cc3)n2-c2oc(N)nc2C1c1ccc(OC)cc1. The van der Waals surface area contributed by atoms with Crippen molar-refractivity contribution in [3.8, 4) is 17.4 Å². The predicted octanol–water partition coefficient (Wildman–Crippen LogP) is 1.32. The van der Waals surface area contributed by atoms with Gasteiger partial charge in [-0.2, -0.15) is 4.98 Å². The highest BCUT2D eigenvalue weighted by Crippen LogP contribution is 2.39. The van der Waals surface area contributed by atoms with Gasteiger partial charge in [-0.15, -0.1) is 0 Å². The van der Waals surface area contributed by atoms with Crippen LogP contribution in [0.2, 0.25) is 0 Å². The predicted molar refractivity (Wildman–Crippen MR) is 125 cm³/mol. The normalized spacial score (nSPS) is 14.9. The van der Waals surface area contributed by atoms with Gasteiger partial charge in [0.1, 0.15) is 28.1 Å². The molecule has 0 spiro atoms. The molecule has 0 aliphatic carbocycles. The molecule has 10 heteroatoms. The summed E-state index contributed by atoms with van der Waals surface area (Å²) in [5.41, 5.74) is 7.04. The average Bonchev–Trinajstić information content (AvgIpc) is 3.42. The summed E-state index contributed by atoms with van der Waals surface area (Å²) in [7, 11) is 4.37. The molecule has 35 heavy (non-hydrogen) atoms. The minimum atomic E-state index is -0.760. The number of ether oxygens (including phenoxy) is 3. The molecule has 5 rings (SSSR count). The van der Waals surface area contributed by atoms with Gasteiger partial charge in [-0.3, -0.25) is 0 Å². The van der Waals surface area contributed by atoms with Crippen LogP contribution in [0.25, 0.3) is 17.5 Å². The Bertz CT molecular complexity index is 1590. The fourth-order valence-corrected chi connectivity index (χ4v) is 4.13. The largest absolute Gasteiger partial charge is 0.497 e. The number of oxazole rings is 2. The lowest BCUT2D eigenvalue weighted by molar-refractivity contribution is -0.134. The van der Waals surface area contributed by atoms with Crippen molar-refractivity contribution in [1.82, 2.24) is 9.55 Å². The van der Waals surface area contributed by atoms with Gasteiger partial charge >= 0.3 is 11.6 Å². The Hall–Kier alpha value is -4.73. The van der Waals surface area contributed by atoms with E-state index in [1.165, 1.54) is 11.7 Å². The van der Waals surface area contributed by atoms with Gasteiger partial charge in [0.15, 0.2) is 0 Å². The van der Waals surface area contributed by atoms with E-state index in [4.69, 9.17) is 28.8 Å². The van der Waals surface area contributed by atoms with Crippen molar-refractivity contribution in [3.63, 3.8) is 0 Å². The van der Waals surface area contributed by atoms with Crippen LogP contribution in [0.5, 0.6) is 11.5 Å². The van der Waals surface area contributed by atoms with Crippen LogP contribution < -0.4 is 31.7 Å². The molecule has 1 atom stereocenters. The van der Waals surface area contributed by atoms with E-state index >= 15 is 0 Å². The maximum absolute atomic E-state index is 13.0. The Labute approximate surface area is 198 Å². The van der Waals surface area contributed by atoms with Crippen LogP contribution in [0.3, 0.4) is 0 Å². The molecule has 0 saturated heterocycles. The number of methoxy groups -OCH3 is 3. The summed E-state index contributed by atoms with van der Waals surface area (Å²) in [6, 6.07) is 14.0. The second kappa shape index (κ2) is 8.56. The van der Waals surface area contributed by atoms with E-state index in [-0.39, 0.29) is 28.4 Å². The summed E-state index contributed by atoms with van der Waals surface area (Å²) in [6.07, 6.45) is 1.61. The smallest absolute Gasteiger partial charge is 0.362 e. The zero-order valence-corrected chi connectivity index (χ0v) is 19.1. The molecule has 10 nitrogen and oxygen atoms in total. The number of anilines is 1. The van der Waals surface area contributed by atoms with Crippen LogP contribution in [0, 0.1) is 0 Å². The Morgan fingerprint density at radius 3 is 2.23 bits per heavy atom. The summed E-state index contributed by atoms with van der Waals surface area (Å²) >= 11 is 0. The van der Waals surface area contributed by atoms with Crippen molar-refractivity contribution in [2.24, 2.45) is 0 Å². The number of carbonyl (C=O) groups excluding carboxylic acids is 1. The number of esters is 1. The number of carbonyl (C=O) groups is 1. The molecule has 178 valence electrons. The van der Waals surface area contributed by atoms with Crippen LogP contribution in [0.1, 0.15) is 22.7 Å². The maximum Gasteiger partial charge on any atom is 0.362 e. The summed E-state index contributed by atoms with van der Waals surface area (Å²) < 4.78 is 28.2. The molecule has 1 aliphatic heterocycles. The summed E-state index contributed by atoms with van der Waals surface area (Å²) in [6.45, 7) is 0. The van der Waals surface area contributed by atoms with Crippen molar-refractivity contribution < 1.29 is 27.8 Å². The third-order valence-corrected chi connectivity index (χ3v) is 5.76. The van der Waals surface area contributed by atoms with Crippen molar-refractivity contribution >= 4 is 23.6 Å². The molecular weight excluding hydrogens is 454 g/mol. The van der Waals surface area contributed by atoms with Crippen LogP contribution in [0.4, 0.5) is 6.01 Å². The van der Waals surface area contributed by atoms with Crippen LogP contribution in [-0.2, 0) is 9.53 Å². The first kappa shape index (κ1) is 22.1. The molecule has 1 unspecified atom stereocenters. The lowest BCUT2D eigenvalue weighted by Crippen LogP contribution is -2.37. The number of rotatable bonds is 5. The number of nitrogens with zero attached hydrogens (tertiary/aromatic N) is 2. The minimum Gasteiger partial charge on any atom is -0.497 e. The van der Waals surface area contributed by atoms with Gasteiger partial charge in [0, 0.05) is 0 Å². The van der Waals surface area contributed by atoms with Crippen molar-refractivity contribution in [2.75, 3.05) is 27.1 Å². The molecule has 2 N–H and O–H groups in total. The molecule has 0 bridgehead atoms. The zero-order chi connectivity index (χ0) is 24.7. The summed E-state index contributed by atoms with van der Waals surface area (Å²) in [5.74, 6) is 0.0348. The van der Waals surface area contributed by atoms with Crippen LogP contribution >= 0.6 is 0 Å². The maximum atomic E-state index is 13.0. The molecule has 0 saturated carbocycles. The fourth-order valence-electron chi connectivity index (χ4n) is 4.13. The van der Waals surface area contributed by atoms with Crippen molar-refractivity contribution in [1.29, 1.82) is 0 Å². The quantitative estimate of drug-likeness (QED) is 0.424. The first-order valence-electron chi connectivity index (χ1n) is 10.6. The number of hydrogen-bond donors (Lipinski definition) is 1. The number of nitrogens with two attached hydrogens (primary N) is 1. The highest BCUT2D eigenvalue weighted by molar-refractivity contribution is 6.12. The van der Waals surface area contributed by atoms with Crippen molar-refractivity contribution in [3.05, 3.63) is 86.7 Å². The monoisotopic (exact) mass is 475 g/mol. The van der Waals surface area contributed by atoms with E-state index in [2.05, 4.69) is 4.98 Å². The average molecular weight is 475 g/mol. The third-order valence-electron chi connectivity index (χ3n) is 5.76. The van der Waals surface area contributed by atoms with Gasteiger partial charge in [-0.05, 0) is 41.5 Å². The minimum absolute atomic E-state index is 0.0221. The van der Waals surface area contributed by atoms with Gasteiger partial charge < -0.3 is 28.8 Å². The van der Waals surface area contributed by atoms with Gasteiger partial charge in [-0.1, -0.05) is 24.3 Å². The van der Waals surface area contributed by atoms with E-state index in [1.807, 2.05) is 0 Å². The lowest BCUT2D eigenvalue weighted by Gasteiger charge is -2.21. The van der Waals surface area contributed by atoms with Crippen LogP contribution in [0.15, 0.2) is 62.2 Å². The Morgan fingerprint density at radius 1 is 1.00 bits per heavy atom. The van der Waals surface area contributed by atoms with Gasteiger partial charge in [-0.25, -0.2) is 14.2 Å². The Balaban J connectivity index is 1.84. The molecule has 0 amide bonds. The topological polar surface area (TPSA) is 132 Å². The second-order valence-electron chi connectivity index (χ2n) is 7.69. The second-order valence-corrected chi connectivity index (χ2v) is 7.69. The van der Waals surface area contributed by atoms with E-state index in [0.29, 0.717) is 28.3 Å². The Morgan fingerprint density at radius 2 is 1.63 bits per heavy atom. The van der Waals surface area contributed by atoms with Gasteiger partial charge in [0.2, 0.25) is 11.4 Å².